The summed E-state index contributed by atoms with van der Waals surface area (Å²) >= 11 is 0. The van der Waals surface area contributed by atoms with Gasteiger partial charge in [-0.15, -0.1) is 0 Å². The molecule has 0 heterocycles. The lowest BCUT2D eigenvalue weighted by Gasteiger charge is -2.17. The normalized spacial score (nSPS) is 10.9. The lowest BCUT2D eigenvalue weighted by molar-refractivity contribution is 0.301. The average Bonchev–Trinajstić information content (AvgIpc) is 2.48. The van der Waals surface area contributed by atoms with E-state index in [0.717, 1.165) is 18.8 Å². The van der Waals surface area contributed by atoms with Gasteiger partial charge in [0.15, 0.2) is 0 Å². The molecule has 0 amide bonds. The Bertz CT molecular complexity index is 651. The van der Waals surface area contributed by atoms with E-state index >= 15 is 0 Å². The smallest absolute Gasteiger partial charge is 0.125 e. The Morgan fingerprint density at radius 3 is 1.83 bits per heavy atom. The molecule has 0 aliphatic rings. The van der Waals surface area contributed by atoms with Crippen LogP contribution in [-0.4, -0.2) is 6.61 Å². The second-order valence-corrected chi connectivity index (χ2v) is 7.12. The molecule has 0 N–H and O–H groups in total. The fourth-order valence-corrected chi connectivity index (χ4v) is 3.66. The van der Waals surface area contributed by atoms with Gasteiger partial charge in [0.25, 0.3) is 0 Å². The first-order valence-corrected chi connectivity index (χ1v) is 9.26. The summed E-state index contributed by atoms with van der Waals surface area (Å²) in [5.41, 5.74) is 9.16. The largest absolute Gasteiger partial charge is 0.493 e. The van der Waals surface area contributed by atoms with Crippen LogP contribution in [0, 0.1) is 34.6 Å². The van der Waals surface area contributed by atoms with Crippen LogP contribution in [0.3, 0.4) is 0 Å². The Morgan fingerprint density at radius 2 is 1.29 bits per heavy atom. The van der Waals surface area contributed by atoms with Crippen LogP contribution < -0.4 is 4.74 Å². The van der Waals surface area contributed by atoms with Gasteiger partial charge < -0.3 is 4.74 Å². The number of unbranched alkanes of at least 4 members (excludes halogenated alkanes) is 3. The van der Waals surface area contributed by atoms with Crippen LogP contribution in [0.5, 0.6) is 5.75 Å². The third kappa shape index (κ3) is 4.41. The zero-order valence-electron chi connectivity index (χ0n) is 16.3. The van der Waals surface area contributed by atoms with Crippen LogP contribution in [0.2, 0.25) is 0 Å². The van der Waals surface area contributed by atoms with Gasteiger partial charge in [0.05, 0.1) is 6.61 Å². The molecule has 1 nitrogen and oxygen atoms in total. The van der Waals surface area contributed by atoms with E-state index in [0.29, 0.717) is 0 Å². The summed E-state index contributed by atoms with van der Waals surface area (Å²) < 4.78 is 6.08. The highest BCUT2D eigenvalue weighted by Crippen LogP contribution is 2.34. The molecule has 24 heavy (non-hydrogen) atoms. The van der Waals surface area contributed by atoms with E-state index in [1.165, 1.54) is 58.2 Å². The predicted octanol–water partition coefficient (Wildman–Crippen LogP) is 6.85. The monoisotopic (exact) mass is 324 g/mol. The van der Waals surface area contributed by atoms with Crippen molar-refractivity contribution in [2.24, 2.45) is 0 Å². The standard InChI is InChI=1S/C23H32O/c1-7-8-9-10-11-24-23-19(5)14-21(15-20(23)6)22-17(3)12-16(2)13-18(22)4/h12-15H,7-11H2,1-6H3. The fourth-order valence-electron chi connectivity index (χ4n) is 3.66. The summed E-state index contributed by atoms with van der Waals surface area (Å²) in [7, 11) is 0. The van der Waals surface area contributed by atoms with Crippen LogP contribution in [0.1, 0.15) is 60.4 Å². The highest BCUT2D eigenvalue weighted by Gasteiger charge is 2.11. The third-order valence-corrected chi connectivity index (χ3v) is 4.67. The molecule has 0 unspecified atom stereocenters. The number of hydrogen-bond donors (Lipinski definition) is 0. The number of rotatable bonds is 7. The first-order valence-electron chi connectivity index (χ1n) is 9.26. The van der Waals surface area contributed by atoms with Gasteiger partial charge >= 0.3 is 0 Å². The minimum atomic E-state index is 0.823. The van der Waals surface area contributed by atoms with E-state index in [4.69, 9.17) is 4.74 Å². The van der Waals surface area contributed by atoms with Gasteiger partial charge in [-0.05, 0) is 86.6 Å². The van der Waals surface area contributed by atoms with Gasteiger partial charge in [-0.25, -0.2) is 0 Å². The fraction of sp³-hybridized carbons (Fsp3) is 0.478. The zero-order chi connectivity index (χ0) is 17.7. The van der Waals surface area contributed by atoms with Gasteiger partial charge in [0, 0.05) is 0 Å². The molecule has 0 aliphatic carbocycles. The van der Waals surface area contributed by atoms with Gasteiger partial charge in [0.2, 0.25) is 0 Å². The van der Waals surface area contributed by atoms with Crippen molar-refractivity contribution in [3.63, 3.8) is 0 Å². The molecule has 0 bridgehead atoms. The summed E-state index contributed by atoms with van der Waals surface area (Å²) in [4.78, 5) is 0. The molecule has 0 saturated heterocycles. The molecule has 0 spiro atoms. The van der Waals surface area contributed by atoms with E-state index in [2.05, 4.69) is 65.8 Å². The van der Waals surface area contributed by atoms with Crippen molar-refractivity contribution in [2.75, 3.05) is 6.61 Å². The summed E-state index contributed by atoms with van der Waals surface area (Å²) in [5, 5.41) is 0. The lowest BCUT2D eigenvalue weighted by Crippen LogP contribution is -2.01. The Balaban J connectivity index is 2.24. The van der Waals surface area contributed by atoms with Crippen LogP contribution in [0.15, 0.2) is 24.3 Å². The van der Waals surface area contributed by atoms with Crippen molar-refractivity contribution >= 4 is 0 Å². The molecule has 2 rings (SSSR count). The Hall–Kier alpha value is -1.76. The second kappa shape index (κ2) is 8.37. The second-order valence-electron chi connectivity index (χ2n) is 7.12. The summed E-state index contributed by atoms with van der Waals surface area (Å²) in [5.74, 6) is 1.07. The Kier molecular flexibility index (Phi) is 6.48. The van der Waals surface area contributed by atoms with Gasteiger partial charge in [-0.2, -0.15) is 0 Å². The van der Waals surface area contributed by atoms with Gasteiger partial charge in [-0.3, -0.25) is 0 Å². The molecule has 0 aliphatic heterocycles. The molecule has 0 aromatic heterocycles. The van der Waals surface area contributed by atoms with E-state index in [-0.39, 0.29) is 0 Å². The number of ether oxygens (including phenoxy) is 1. The molecule has 1 heteroatoms. The molecular formula is C23H32O. The van der Waals surface area contributed by atoms with E-state index in [1.54, 1.807) is 0 Å². The molecule has 2 aromatic rings. The molecule has 0 saturated carbocycles. The minimum Gasteiger partial charge on any atom is -0.493 e. The zero-order valence-corrected chi connectivity index (χ0v) is 16.3. The van der Waals surface area contributed by atoms with Crippen molar-refractivity contribution in [3.05, 3.63) is 52.1 Å². The van der Waals surface area contributed by atoms with Gasteiger partial charge in [-0.1, -0.05) is 43.9 Å². The first kappa shape index (κ1) is 18.6. The van der Waals surface area contributed by atoms with E-state index in [1.807, 2.05) is 0 Å². The third-order valence-electron chi connectivity index (χ3n) is 4.67. The van der Waals surface area contributed by atoms with Crippen molar-refractivity contribution in [1.82, 2.24) is 0 Å². The van der Waals surface area contributed by atoms with Crippen molar-refractivity contribution in [2.45, 2.75) is 67.2 Å². The quantitative estimate of drug-likeness (QED) is 0.506. The van der Waals surface area contributed by atoms with Crippen LogP contribution >= 0.6 is 0 Å². The number of benzene rings is 2. The van der Waals surface area contributed by atoms with E-state index in [9.17, 15) is 0 Å². The van der Waals surface area contributed by atoms with Crippen LogP contribution in [0.25, 0.3) is 11.1 Å². The molecule has 0 radical (unpaired) electrons. The topological polar surface area (TPSA) is 9.23 Å². The highest BCUT2D eigenvalue weighted by molar-refractivity contribution is 5.73. The minimum absolute atomic E-state index is 0.823. The molecule has 0 fully saturated rings. The first-order chi connectivity index (χ1) is 11.4. The molecule has 0 atom stereocenters. The average molecular weight is 325 g/mol. The van der Waals surface area contributed by atoms with Crippen molar-refractivity contribution < 1.29 is 4.74 Å². The van der Waals surface area contributed by atoms with Crippen molar-refractivity contribution in [3.8, 4) is 16.9 Å². The number of hydrogen-bond acceptors (Lipinski definition) is 1. The maximum Gasteiger partial charge on any atom is 0.125 e. The Labute approximate surface area is 148 Å². The van der Waals surface area contributed by atoms with Crippen LogP contribution in [0.4, 0.5) is 0 Å². The summed E-state index contributed by atoms with van der Waals surface area (Å²) in [6.45, 7) is 14.0. The van der Waals surface area contributed by atoms with Crippen molar-refractivity contribution in [1.29, 1.82) is 0 Å². The maximum absolute atomic E-state index is 6.08. The van der Waals surface area contributed by atoms with Gasteiger partial charge in [0.1, 0.15) is 5.75 Å². The van der Waals surface area contributed by atoms with Crippen LogP contribution in [-0.2, 0) is 0 Å². The summed E-state index contributed by atoms with van der Waals surface area (Å²) in [6, 6.07) is 9.09. The SMILES string of the molecule is CCCCCCOc1c(C)cc(-c2c(C)cc(C)cc2C)cc1C. The maximum atomic E-state index is 6.08. The molecular weight excluding hydrogens is 292 g/mol. The predicted molar refractivity (Wildman–Crippen MR) is 105 cm³/mol. The molecule has 130 valence electrons. The number of aryl methyl sites for hydroxylation is 5. The Morgan fingerprint density at radius 1 is 0.708 bits per heavy atom. The summed E-state index contributed by atoms with van der Waals surface area (Å²) in [6.07, 6.45) is 4.97. The van der Waals surface area contributed by atoms with E-state index < -0.39 is 0 Å². The lowest BCUT2D eigenvalue weighted by atomic mass is 9.91. The highest BCUT2D eigenvalue weighted by atomic mass is 16.5. The molecule has 2 aromatic carbocycles.